The maximum atomic E-state index is 11.3. The first kappa shape index (κ1) is 19.8. The SMILES string of the molecule is O=C(S)N1CCC(O)(C(O)CN2CCC(c3c[nH]c4ccccc34)CC2)CC1. The van der Waals surface area contributed by atoms with E-state index in [-0.39, 0.29) is 5.24 Å². The van der Waals surface area contributed by atoms with Crippen LogP contribution in [0.15, 0.2) is 30.5 Å². The number of carbonyl (C=O) groups excluding carboxylic acids is 1. The van der Waals surface area contributed by atoms with Crippen LogP contribution in [0.2, 0.25) is 0 Å². The molecule has 2 aromatic rings. The van der Waals surface area contributed by atoms with E-state index in [1.54, 1.807) is 4.90 Å². The number of piperidine rings is 2. The topological polar surface area (TPSA) is 79.8 Å². The van der Waals surface area contributed by atoms with Crippen molar-refractivity contribution in [1.29, 1.82) is 0 Å². The predicted octanol–water partition coefficient (Wildman–Crippen LogP) is 2.58. The molecule has 0 saturated carbocycles. The third-order valence-corrected chi connectivity index (χ3v) is 6.88. The van der Waals surface area contributed by atoms with Gasteiger partial charge in [0, 0.05) is 36.7 Å². The summed E-state index contributed by atoms with van der Waals surface area (Å²) in [6.07, 6.45) is 4.23. The molecule has 0 aliphatic carbocycles. The molecule has 4 rings (SSSR count). The first-order chi connectivity index (χ1) is 13.5. The first-order valence-electron chi connectivity index (χ1n) is 10.1. The molecule has 0 spiro atoms. The van der Waals surface area contributed by atoms with Crippen molar-refractivity contribution < 1.29 is 15.0 Å². The molecule has 6 nitrogen and oxygen atoms in total. The smallest absolute Gasteiger partial charge is 0.278 e. The van der Waals surface area contributed by atoms with Gasteiger partial charge in [0.05, 0.1) is 11.7 Å². The number of nitrogens with zero attached hydrogens (tertiary/aromatic N) is 2. The van der Waals surface area contributed by atoms with Crippen LogP contribution in [0.25, 0.3) is 10.9 Å². The van der Waals surface area contributed by atoms with Gasteiger partial charge < -0.3 is 25.0 Å². The largest absolute Gasteiger partial charge is 0.389 e. The summed E-state index contributed by atoms with van der Waals surface area (Å²) in [6, 6.07) is 8.42. The summed E-state index contributed by atoms with van der Waals surface area (Å²) < 4.78 is 0. The van der Waals surface area contributed by atoms with E-state index in [1.807, 2.05) is 6.07 Å². The highest BCUT2D eigenvalue weighted by Crippen LogP contribution is 2.34. The van der Waals surface area contributed by atoms with Gasteiger partial charge in [-0.2, -0.15) is 0 Å². The number of aromatic nitrogens is 1. The molecule has 1 aromatic carbocycles. The van der Waals surface area contributed by atoms with Gasteiger partial charge in [0.25, 0.3) is 5.24 Å². The molecule has 7 heteroatoms. The maximum Gasteiger partial charge on any atom is 0.278 e. The molecule has 1 unspecified atom stereocenters. The Bertz CT molecular complexity index is 823. The number of β-amino-alcohol motifs (C(OH)–C–C–N with tert-alkyl or cyclic N) is 1. The molecule has 28 heavy (non-hydrogen) atoms. The van der Waals surface area contributed by atoms with Gasteiger partial charge >= 0.3 is 0 Å². The fourth-order valence-corrected chi connectivity index (χ4v) is 4.89. The van der Waals surface area contributed by atoms with Crippen LogP contribution in [0.3, 0.4) is 0 Å². The van der Waals surface area contributed by atoms with Crippen LogP contribution in [0.5, 0.6) is 0 Å². The van der Waals surface area contributed by atoms with Crippen molar-refractivity contribution in [3.8, 4) is 0 Å². The zero-order valence-corrected chi connectivity index (χ0v) is 16.9. The van der Waals surface area contributed by atoms with Crippen molar-refractivity contribution in [2.75, 3.05) is 32.7 Å². The van der Waals surface area contributed by atoms with Gasteiger partial charge in [-0.3, -0.25) is 4.79 Å². The molecule has 1 aromatic heterocycles. The molecule has 152 valence electrons. The van der Waals surface area contributed by atoms with E-state index in [4.69, 9.17) is 0 Å². The van der Waals surface area contributed by atoms with Crippen LogP contribution in [0.4, 0.5) is 4.79 Å². The number of rotatable bonds is 4. The van der Waals surface area contributed by atoms with Gasteiger partial charge in [0.1, 0.15) is 0 Å². The summed E-state index contributed by atoms with van der Waals surface area (Å²) in [5, 5.41) is 22.6. The van der Waals surface area contributed by atoms with E-state index in [1.165, 1.54) is 16.5 Å². The molecule has 2 saturated heterocycles. The Morgan fingerprint density at radius 1 is 1.21 bits per heavy atom. The number of aromatic amines is 1. The minimum Gasteiger partial charge on any atom is -0.389 e. The molecule has 3 heterocycles. The first-order valence-corrected chi connectivity index (χ1v) is 10.6. The highest BCUT2D eigenvalue weighted by atomic mass is 32.1. The van der Waals surface area contributed by atoms with Crippen LogP contribution in [-0.4, -0.2) is 74.7 Å². The molecule has 3 N–H and O–H groups in total. The lowest BCUT2D eigenvalue weighted by Gasteiger charge is -2.42. The quantitative estimate of drug-likeness (QED) is 0.592. The third-order valence-electron chi connectivity index (χ3n) is 6.60. The molecule has 2 aliphatic heterocycles. The number of H-pyrrole nitrogens is 1. The number of amides is 1. The number of para-hydroxylation sites is 1. The standard InChI is InChI=1S/C21H29N3O3S/c25-19(21(27)7-11-24(12-8-21)20(26)28)14-23-9-5-15(6-10-23)17-13-22-18-4-2-1-3-16(17)18/h1-4,13,15,19,22,25,27H,5-12,14H2,(H,26,28). The Hall–Kier alpha value is -1.54. The number of benzene rings is 1. The third kappa shape index (κ3) is 3.94. The lowest BCUT2D eigenvalue weighted by molar-refractivity contribution is -0.113. The lowest BCUT2D eigenvalue weighted by atomic mass is 9.84. The Labute approximate surface area is 170 Å². The average molecular weight is 404 g/mol. The molecule has 2 fully saturated rings. The Morgan fingerprint density at radius 3 is 2.57 bits per heavy atom. The second-order valence-corrected chi connectivity index (χ2v) is 8.64. The van der Waals surface area contributed by atoms with Gasteiger partial charge in [0.15, 0.2) is 0 Å². The van der Waals surface area contributed by atoms with Gasteiger partial charge in [-0.1, -0.05) is 30.8 Å². The number of hydrogen-bond acceptors (Lipinski definition) is 4. The Morgan fingerprint density at radius 2 is 1.89 bits per heavy atom. The maximum absolute atomic E-state index is 11.3. The molecular weight excluding hydrogens is 374 g/mol. The molecule has 1 amide bonds. The number of hydrogen-bond donors (Lipinski definition) is 4. The molecule has 0 bridgehead atoms. The van der Waals surface area contributed by atoms with Crippen molar-refractivity contribution in [3.05, 3.63) is 36.0 Å². The van der Waals surface area contributed by atoms with Crippen LogP contribution < -0.4 is 0 Å². The number of carbonyl (C=O) groups is 1. The highest BCUT2D eigenvalue weighted by Gasteiger charge is 2.40. The van der Waals surface area contributed by atoms with Gasteiger partial charge in [-0.05, 0) is 56.3 Å². The van der Waals surface area contributed by atoms with E-state index >= 15 is 0 Å². The second kappa shape index (κ2) is 8.06. The molecule has 2 aliphatic rings. The fourth-order valence-electron chi connectivity index (χ4n) is 4.69. The highest BCUT2D eigenvalue weighted by molar-refractivity contribution is 7.96. The number of thiol groups is 1. The normalized spacial score (nSPS) is 22.5. The fraction of sp³-hybridized carbons (Fsp3) is 0.571. The van der Waals surface area contributed by atoms with E-state index in [0.29, 0.717) is 38.4 Å². The van der Waals surface area contributed by atoms with Crippen molar-refractivity contribution in [1.82, 2.24) is 14.8 Å². The molecule has 1 atom stereocenters. The number of aliphatic hydroxyl groups excluding tert-OH is 1. The minimum absolute atomic E-state index is 0.268. The lowest BCUT2D eigenvalue weighted by Crippen LogP contribution is -2.55. The van der Waals surface area contributed by atoms with E-state index < -0.39 is 11.7 Å². The average Bonchev–Trinajstić information content (AvgIpc) is 3.13. The molecular formula is C21H29N3O3S. The summed E-state index contributed by atoms with van der Waals surface area (Å²) in [5.74, 6) is 0.525. The van der Waals surface area contributed by atoms with Crippen molar-refractivity contribution in [2.45, 2.75) is 43.3 Å². The summed E-state index contributed by atoms with van der Waals surface area (Å²) in [7, 11) is 0. The van der Waals surface area contributed by atoms with Crippen LogP contribution >= 0.6 is 12.6 Å². The zero-order valence-electron chi connectivity index (χ0n) is 16.0. The van der Waals surface area contributed by atoms with Crippen LogP contribution in [-0.2, 0) is 0 Å². The zero-order chi connectivity index (χ0) is 19.7. The van der Waals surface area contributed by atoms with Gasteiger partial charge in [0.2, 0.25) is 0 Å². The number of likely N-dealkylation sites (tertiary alicyclic amines) is 2. The van der Waals surface area contributed by atoms with Crippen LogP contribution in [0, 0.1) is 0 Å². The van der Waals surface area contributed by atoms with E-state index in [0.717, 1.165) is 25.9 Å². The Balaban J connectivity index is 1.31. The van der Waals surface area contributed by atoms with E-state index in [9.17, 15) is 15.0 Å². The van der Waals surface area contributed by atoms with Crippen molar-refractivity contribution in [3.63, 3.8) is 0 Å². The monoisotopic (exact) mass is 403 g/mol. The summed E-state index contributed by atoms with van der Waals surface area (Å²) in [4.78, 5) is 18.6. The van der Waals surface area contributed by atoms with Crippen molar-refractivity contribution >= 4 is 28.8 Å². The van der Waals surface area contributed by atoms with Gasteiger partial charge in [-0.25, -0.2) is 0 Å². The van der Waals surface area contributed by atoms with E-state index in [2.05, 4.69) is 46.9 Å². The summed E-state index contributed by atoms with van der Waals surface area (Å²) in [6.45, 7) is 3.19. The molecule has 0 radical (unpaired) electrons. The minimum atomic E-state index is -1.12. The number of aliphatic hydroxyl groups is 2. The van der Waals surface area contributed by atoms with Crippen LogP contribution in [0.1, 0.15) is 37.2 Å². The van der Waals surface area contributed by atoms with Gasteiger partial charge in [-0.15, -0.1) is 0 Å². The summed E-state index contributed by atoms with van der Waals surface area (Å²) >= 11 is 3.84. The van der Waals surface area contributed by atoms with Crippen molar-refractivity contribution in [2.24, 2.45) is 0 Å². The Kier molecular flexibility index (Phi) is 5.69. The number of nitrogens with one attached hydrogen (secondary N) is 1. The second-order valence-electron chi connectivity index (χ2n) is 8.25. The predicted molar refractivity (Wildman–Crippen MR) is 113 cm³/mol. The number of fused-ring (bicyclic) bond motifs is 1. The summed E-state index contributed by atoms with van der Waals surface area (Å²) in [5.41, 5.74) is 1.45.